The number of aromatic nitrogens is 3. The Bertz CT molecular complexity index is 622. The molecule has 0 saturated carbocycles. The molecule has 21 heavy (non-hydrogen) atoms. The van der Waals surface area contributed by atoms with Crippen LogP contribution in [0.3, 0.4) is 0 Å². The van der Waals surface area contributed by atoms with Gasteiger partial charge in [-0.1, -0.05) is 12.1 Å². The molecule has 7 heteroatoms. The summed E-state index contributed by atoms with van der Waals surface area (Å²) >= 11 is 5.94. The van der Waals surface area contributed by atoms with Crippen LogP contribution in [0.4, 0.5) is 11.6 Å². The lowest BCUT2D eigenvalue weighted by molar-refractivity contribution is 0.221. The number of hydrogen-bond donors (Lipinski definition) is 0. The summed E-state index contributed by atoms with van der Waals surface area (Å²) < 4.78 is 10.8. The Labute approximate surface area is 128 Å². The number of methoxy groups -OCH3 is 1. The SMILES string of the molecule is COc1ccccc1N(C)c1nc(Cl)nc(OC(C)C)n1. The van der Waals surface area contributed by atoms with Gasteiger partial charge in [0, 0.05) is 7.05 Å². The molecule has 112 valence electrons. The van der Waals surface area contributed by atoms with Crippen molar-refractivity contribution in [2.45, 2.75) is 20.0 Å². The second-order valence-corrected chi connectivity index (χ2v) is 4.92. The molecule has 0 saturated heterocycles. The minimum Gasteiger partial charge on any atom is -0.495 e. The van der Waals surface area contributed by atoms with Crippen LogP contribution < -0.4 is 14.4 Å². The van der Waals surface area contributed by atoms with Crippen LogP contribution in [-0.4, -0.2) is 35.2 Å². The lowest BCUT2D eigenvalue weighted by Crippen LogP contribution is -2.16. The fourth-order valence-corrected chi connectivity index (χ4v) is 1.90. The van der Waals surface area contributed by atoms with Crippen molar-refractivity contribution in [2.75, 3.05) is 19.1 Å². The van der Waals surface area contributed by atoms with E-state index in [9.17, 15) is 0 Å². The largest absolute Gasteiger partial charge is 0.495 e. The summed E-state index contributed by atoms with van der Waals surface area (Å²) in [6.07, 6.45) is -0.0483. The fourth-order valence-electron chi connectivity index (χ4n) is 1.75. The number of para-hydroxylation sites is 2. The zero-order valence-corrected chi connectivity index (χ0v) is 13.1. The molecule has 2 aromatic rings. The molecule has 1 aromatic heterocycles. The van der Waals surface area contributed by atoms with Gasteiger partial charge in [-0.05, 0) is 37.6 Å². The van der Waals surface area contributed by atoms with Crippen molar-refractivity contribution in [1.29, 1.82) is 0 Å². The van der Waals surface area contributed by atoms with Crippen molar-refractivity contribution in [2.24, 2.45) is 0 Å². The van der Waals surface area contributed by atoms with Crippen molar-refractivity contribution < 1.29 is 9.47 Å². The predicted octanol–water partition coefficient (Wildman–Crippen LogP) is 3.09. The van der Waals surface area contributed by atoms with Crippen LogP contribution >= 0.6 is 11.6 Å². The Morgan fingerprint density at radius 3 is 2.52 bits per heavy atom. The number of halogens is 1. The molecule has 0 unspecified atom stereocenters. The van der Waals surface area contributed by atoms with E-state index in [1.807, 2.05) is 45.2 Å². The van der Waals surface area contributed by atoms with Crippen molar-refractivity contribution >= 4 is 23.2 Å². The van der Waals surface area contributed by atoms with E-state index >= 15 is 0 Å². The molecule has 1 aromatic carbocycles. The molecule has 0 radical (unpaired) electrons. The van der Waals surface area contributed by atoms with E-state index < -0.39 is 0 Å². The molecule has 0 aliphatic carbocycles. The molecule has 0 aliphatic heterocycles. The normalized spacial score (nSPS) is 10.6. The summed E-state index contributed by atoms with van der Waals surface area (Å²) in [6.45, 7) is 3.78. The van der Waals surface area contributed by atoms with Gasteiger partial charge in [-0.3, -0.25) is 0 Å². The molecule has 6 nitrogen and oxygen atoms in total. The molecule has 0 amide bonds. The molecule has 0 atom stereocenters. The quantitative estimate of drug-likeness (QED) is 0.846. The summed E-state index contributed by atoms with van der Waals surface area (Å²) in [5, 5.41) is 0.0809. The molecule has 2 rings (SSSR count). The summed E-state index contributed by atoms with van der Waals surface area (Å²) in [5.41, 5.74) is 0.817. The van der Waals surface area contributed by atoms with Crippen LogP contribution in [0.15, 0.2) is 24.3 Å². The zero-order chi connectivity index (χ0) is 15.4. The van der Waals surface area contributed by atoms with Gasteiger partial charge in [0.25, 0.3) is 0 Å². The zero-order valence-electron chi connectivity index (χ0n) is 12.4. The summed E-state index contributed by atoms with van der Waals surface area (Å²) in [6, 6.07) is 7.76. The first-order valence-electron chi connectivity index (χ1n) is 6.46. The van der Waals surface area contributed by atoms with E-state index in [0.29, 0.717) is 11.7 Å². The first-order chi connectivity index (χ1) is 10.0. The average molecular weight is 309 g/mol. The van der Waals surface area contributed by atoms with Gasteiger partial charge in [0.05, 0.1) is 18.9 Å². The van der Waals surface area contributed by atoms with Crippen molar-refractivity contribution in [3.8, 4) is 11.8 Å². The predicted molar refractivity (Wildman–Crippen MR) is 81.7 cm³/mol. The maximum atomic E-state index is 5.94. The van der Waals surface area contributed by atoms with Crippen molar-refractivity contribution in [3.05, 3.63) is 29.5 Å². The van der Waals surface area contributed by atoms with Crippen LogP contribution in [0.1, 0.15) is 13.8 Å². The monoisotopic (exact) mass is 308 g/mol. The highest BCUT2D eigenvalue weighted by Gasteiger charge is 2.15. The molecule has 0 bridgehead atoms. The van der Waals surface area contributed by atoms with E-state index in [1.165, 1.54) is 0 Å². The second kappa shape index (κ2) is 6.58. The minimum absolute atomic E-state index is 0.0483. The van der Waals surface area contributed by atoms with Gasteiger partial charge in [-0.2, -0.15) is 15.0 Å². The Kier molecular flexibility index (Phi) is 4.80. The first kappa shape index (κ1) is 15.3. The molecule has 0 aliphatic rings. The average Bonchev–Trinajstić information content (AvgIpc) is 2.45. The van der Waals surface area contributed by atoms with E-state index in [0.717, 1.165) is 5.69 Å². The van der Waals surface area contributed by atoms with Gasteiger partial charge in [-0.25, -0.2) is 0 Å². The van der Waals surface area contributed by atoms with Gasteiger partial charge < -0.3 is 14.4 Å². The Balaban J connectivity index is 2.38. The molecular weight excluding hydrogens is 292 g/mol. The van der Waals surface area contributed by atoms with Crippen LogP contribution in [0.25, 0.3) is 0 Å². The van der Waals surface area contributed by atoms with Gasteiger partial charge >= 0.3 is 6.01 Å². The highest BCUT2D eigenvalue weighted by Crippen LogP contribution is 2.31. The number of nitrogens with zero attached hydrogens (tertiary/aromatic N) is 4. The van der Waals surface area contributed by atoms with E-state index in [1.54, 1.807) is 12.0 Å². The number of anilines is 2. The number of benzene rings is 1. The van der Waals surface area contributed by atoms with Gasteiger partial charge in [0.2, 0.25) is 11.2 Å². The Hall–Kier alpha value is -2.08. The van der Waals surface area contributed by atoms with Crippen molar-refractivity contribution in [3.63, 3.8) is 0 Å². The molecule has 1 heterocycles. The number of hydrogen-bond acceptors (Lipinski definition) is 6. The Morgan fingerprint density at radius 2 is 1.86 bits per heavy atom. The Morgan fingerprint density at radius 1 is 1.14 bits per heavy atom. The number of ether oxygens (including phenoxy) is 2. The summed E-state index contributed by atoms with van der Waals surface area (Å²) in [5.74, 6) is 1.10. The topological polar surface area (TPSA) is 60.4 Å². The van der Waals surface area contributed by atoms with Crippen LogP contribution in [-0.2, 0) is 0 Å². The fraction of sp³-hybridized carbons (Fsp3) is 0.357. The third-order valence-corrected chi connectivity index (χ3v) is 2.83. The van der Waals surface area contributed by atoms with Crippen LogP contribution in [0, 0.1) is 0 Å². The number of rotatable bonds is 5. The van der Waals surface area contributed by atoms with E-state index in [4.69, 9.17) is 21.1 Å². The highest BCUT2D eigenvalue weighted by molar-refractivity contribution is 6.28. The second-order valence-electron chi connectivity index (χ2n) is 4.58. The molecular formula is C14H17ClN4O2. The smallest absolute Gasteiger partial charge is 0.322 e. The van der Waals surface area contributed by atoms with Crippen molar-refractivity contribution in [1.82, 2.24) is 15.0 Å². The molecule has 0 N–H and O–H groups in total. The lowest BCUT2D eigenvalue weighted by Gasteiger charge is -2.20. The lowest BCUT2D eigenvalue weighted by atomic mass is 10.3. The van der Waals surface area contributed by atoms with Gasteiger partial charge in [0.1, 0.15) is 5.75 Å². The van der Waals surface area contributed by atoms with E-state index in [-0.39, 0.29) is 17.4 Å². The van der Waals surface area contributed by atoms with Gasteiger partial charge in [-0.15, -0.1) is 0 Å². The maximum Gasteiger partial charge on any atom is 0.322 e. The van der Waals surface area contributed by atoms with Crippen LogP contribution in [0.5, 0.6) is 11.8 Å². The van der Waals surface area contributed by atoms with Crippen LogP contribution in [0.2, 0.25) is 5.28 Å². The third kappa shape index (κ3) is 3.72. The minimum atomic E-state index is -0.0483. The standard InChI is InChI=1S/C14H17ClN4O2/c1-9(2)21-14-17-12(15)16-13(18-14)19(3)10-7-5-6-8-11(10)20-4/h5-9H,1-4H3. The summed E-state index contributed by atoms with van der Waals surface area (Å²) in [7, 11) is 3.43. The third-order valence-electron chi connectivity index (χ3n) is 2.66. The molecule has 0 spiro atoms. The summed E-state index contributed by atoms with van der Waals surface area (Å²) in [4.78, 5) is 14.1. The van der Waals surface area contributed by atoms with Gasteiger partial charge in [0.15, 0.2) is 0 Å². The van der Waals surface area contributed by atoms with E-state index in [2.05, 4.69) is 15.0 Å². The molecule has 0 fully saturated rings. The first-order valence-corrected chi connectivity index (χ1v) is 6.84. The highest BCUT2D eigenvalue weighted by atomic mass is 35.5. The maximum absolute atomic E-state index is 5.94.